The molecular weight excluding hydrogens is 476 g/mol. The summed E-state index contributed by atoms with van der Waals surface area (Å²) in [5, 5.41) is 11.3. The number of hydrogen-bond acceptors (Lipinski definition) is 4. The molecule has 1 aliphatic heterocycles. The molecule has 31 heavy (non-hydrogen) atoms. The van der Waals surface area contributed by atoms with Gasteiger partial charge in [-0.1, -0.05) is 53.5 Å². The van der Waals surface area contributed by atoms with E-state index < -0.39 is 51.2 Å². The van der Waals surface area contributed by atoms with E-state index in [-0.39, 0.29) is 12.2 Å². The van der Waals surface area contributed by atoms with Crippen molar-refractivity contribution in [3.63, 3.8) is 0 Å². The largest absolute Gasteiger partial charge is 0.421 e. The summed E-state index contributed by atoms with van der Waals surface area (Å²) >= 11 is 12.0. The van der Waals surface area contributed by atoms with Gasteiger partial charge in [0, 0.05) is 33.5 Å². The summed E-state index contributed by atoms with van der Waals surface area (Å²) in [6.07, 6.45) is -5.89. The van der Waals surface area contributed by atoms with Crippen molar-refractivity contribution in [3.05, 3.63) is 58.1 Å². The number of hydrogen-bond donors (Lipinski definition) is 2. The molecule has 2 aromatic carbocycles. The highest BCUT2D eigenvalue weighted by Crippen LogP contribution is 2.43. The number of benzene rings is 2. The normalized spacial score (nSPS) is 23.8. The molecule has 0 bridgehead atoms. The predicted molar refractivity (Wildman–Crippen MR) is 114 cm³/mol. The van der Waals surface area contributed by atoms with Crippen molar-refractivity contribution in [3.8, 4) is 11.1 Å². The van der Waals surface area contributed by atoms with E-state index in [4.69, 9.17) is 28.9 Å². The molecule has 1 amide bonds. The maximum Gasteiger partial charge on any atom is 0.421 e. The quantitative estimate of drug-likeness (QED) is 0.638. The number of aliphatic hydroxyl groups is 1. The first-order valence-corrected chi connectivity index (χ1v) is 11.8. The summed E-state index contributed by atoms with van der Waals surface area (Å²) in [5.74, 6) is -1.48. The van der Waals surface area contributed by atoms with Gasteiger partial charge in [0.15, 0.2) is 5.60 Å². The van der Waals surface area contributed by atoms with Crippen LogP contribution in [0.15, 0.2) is 46.8 Å². The Kier molecular flexibility index (Phi) is 6.74. The molecule has 3 N–H and O–H groups in total. The number of nitrogens with two attached hydrogens (primary N) is 1. The molecule has 3 rings (SSSR count). The van der Waals surface area contributed by atoms with E-state index in [0.29, 0.717) is 21.2 Å². The van der Waals surface area contributed by atoms with Crippen LogP contribution in [0.25, 0.3) is 11.1 Å². The number of halogens is 5. The second-order valence-electron chi connectivity index (χ2n) is 7.32. The predicted octanol–water partition coefficient (Wildman–Crippen LogP) is 4.53. The highest BCUT2D eigenvalue weighted by molar-refractivity contribution is 7.93. The molecule has 1 aliphatic rings. The zero-order chi connectivity index (χ0) is 23.0. The SMILES string of the molecule is N[C@H]1CC[S@@](=O)(CC[C@](O)(c2ccc(-c3ccc(Cl)cc3Cl)cc2)C(F)(F)F)=NC1=O. The minimum Gasteiger partial charge on any atom is -0.376 e. The lowest BCUT2D eigenvalue weighted by molar-refractivity contribution is -0.267. The maximum absolute atomic E-state index is 13.8. The lowest BCUT2D eigenvalue weighted by Gasteiger charge is -2.32. The van der Waals surface area contributed by atoms with Crippen molar-refractivity contribution < 1.29 is 27.3 Å². The van der Waals surface area contributed by atoms with Gasteiger partial charge in [0.2, 0.25) is 0 Å². The first-order chi connectivity index (χ1) is 14.3. The van der Waals surface area contributed by atoms with Gasteiger partial charge in [0.05, 0.1) is 15.8 Å². The average Bonchev–Trinajstić information content (AvgIpc) is 2.69. The molecule has 0 fully saturated rings. The van der Waals surface area contributed by atoms with Crippen LogP contribution in [0.3, 0.4) is 0 Å². The maximum atomic E-state index is 13.8. The Hall–Kier alpha value is -1.65. The van der Waals surface area contributed by atoms with Gasteiger partial charge in [-0.3, -0.25) is 4.79 Å². The fraction of sp³-hybridized carbons (Fsp3) is 0.350. The van der Waals surface area contributed by atoms with Crippen LogP contribution in [0, 0.1) is 0 Å². The van der Waals surface area contributed by atoms with Gasteiger partial charge in [-0.05, 0) is 29.7 Å². The lowest BCUT2D eigenvalue weighted by Crippen LogP contribution is -2.44. The van der Waals surface area contributed by atoms with Gasteiger partial charge >= 0.3 is 6.18 Å². The number of rotatable bonds is 5. The molecule has 2 aromatic rings. The number of carbonyl (C=O) groups is 1. The van der Waals surface area contributed by atoms with Gasteiger partial charge in [0.25, 0.3) is 5.91 Å². The summed E-state index contributed by atoms with van der Waals surface area (Å²) in [7, 11) is -3.23. The summed E-state index contributed by atoms with van der Waals surface area (Å²) in [5.41, 5.74) is 2.91. The van der Waals surface area contributed by atoms with Crippen LogP contribution in [0.2, 0.25) is 10.0 Å². The first kappa shape index (κ1) is 24.0. The van der Waals surface area contributed by atoms with Crippen molar-refractivity contribution in [2.45, 2.75) is 30.7 Å². The van der Waals surface area contributed by atoms with Crippen molar-refractivity contribution in [2.24, 2.45) is 10.1 Å². The molecule has 0 saturated carbocycles. The van der Waals surface area contributed by atoms with Crippen LogP contribution < -0.4 is 5.73 Å². The lowest BCUT2D eigenvalue weighted by atomic mass is 9.89. The third-order valence-electron chi connectivity index (χ3n) is 5.18. The summed E-state index contributed by atoms with van der Waals surface area (Å²) in [6, 6.07) is 8.91. The molecule has 11 heteroatoms. The number of nitrogens with zero attached hydrogens (tertiary/aromatic N) is 1. The third kappa shape index (κ3) is 5.06. The first-order valence-electron chi connectivity index (χ1n) is 9.22. The summed E-state index contributed by atoms with van der Waals surface area (Å²) in [4.78, 5) is 11.6. The zero-order valence-corrected chi connectivity index (χ0v) is 18.4. The van der Waals surface area contributed by atoms with Gasteiger partial charge in [-0.2, -0.15) is 17.5 Å². The second-order valence-corrected chi connectivity index (χ2v) is 10.7. The van der Waals surface area contributed by atoms with Crippen LogP contribution >= 0.6 is 23.2 Å². The Morgan fingerprint density at radius 2 is 1.81 bits per heavy atom. The van der Waals surface area contributed by atoms with E-state index in [2.05, 4.69) is 4.36 Å². The van der Waals surface area contributed by atoms with Crippen LogP contribution in [-0.2, 0) is 20.1 Å². The molecule has 0 aromatic heterocycles. The Bertz CT molecular complexity index is 1120. The van der Waals surface area contributed by atoms with Gasteiger partial charge in [0.1, 0.15) is 0 Å². The van der Waals surface area contributed by atoms with Gasteiger partial charge in [-0.15, -0.1) is 0 Å². The minimum atomic E-state index is -5.04. The van der Waals surface area contributed by atoms with Crippen molar-refractivity contribution in [1.82, 2.24) is 0 Å². The van der Waals surface area contributed by atoms with E-state index in [1.165, 1.54) is 18.2 Å². The summed E-state index contributed by atoms with van der Waals surface area (Å²) in [6.45, 7) is 0. The van der Waals surface area contributed by atoms with E-state index in [0.717, 1.165) is 12.1 Å². The Labute approximate surface area is 187 Å². The molecule has 0 saturated heterocycles. The average molecular weight is 495 g/mol. The monoisotopic (exact) mass is 494 g/mol. The topological polar surface area (TPSA) is 92.8 Å². The fourth-order valence-electron chi connectivity index (χ4n) is 3.27. The highest BCUT2D eigenvalue weighted by atomic mass is 35.5. The Morgan fingerprint density at radius 1 is 1.16 bits per heavy atom. The zero-order valence-electron chi connectivity index (χ0n) is 16.0. The Morgan fingerprint density at radius 3 is 2.35 bits per heavy atom. The number of amides is 1. The van der Waals surface area contributed by atoms with Gasteiger partial charge < -0.3 is 10.8 Å². The second kappa shape index (κ2) is 8.71. The summed E-state index contributed by atoms with van der Waals surface area (Å²) < 4.78 is 57.8. The van der Waals surface area contributed by atoms with Crippen molar-refractivity contribution in [2.75, 3.05) is 11.5 Å². The van der Waals surface area contributed by atoms with Crippen LogP contribution in [0.4, 0.5) is 13.2 Å². The molecule has 0 unspecified atom stereocenters. The molecule has 168 valence electrons. The van der Waals surface area contributed by atoms with Gasteiger partial charge in [-0.25, -0.2) is 4.21 Å². The van der Waals surface area contributed by atoms with Crippen LogP contribution in [0.5, 0.6) is 0 Å². The molecule has 0 aliphatic carbocycles. The minimum absolute atomic E-state index is 0.0716. The van der Waals surface area contributed by atoms with E-state index in [9.17, 15) is 27.3 Å². The molecule has 0 radical (unpaired) electrons. The molecular formula is C20H19Cl2F3N2O3S. The molecule has 1 heterocycles. The standard InChI is InChI=1S/C20H19Cl2F3N2O3S/c21-14-5-6-15(16(22)11-14)12-1-3-13(4-2-12)19(29,20(23,24)25)8-10-31(30)9-7-17(26)18(28)27-31/h1-6,11,17,29H,7-10,26H2/t17-,19-,31+/m0/s1. The van der Waals surface area contributed by atoms with Crippen LogP contribution in [0.1, 0.15) is 18.4 Å². The van der Waals surface area contributed by atoms with E-state index in [1.807, 2.05) is 0 Å². The smallest absolute Gasteiger partial charge is 0.376 e. The number of alkyl halides is 3. The Balaban J connectivity index is 1.91. The van der Waals surface area contributed by atoms with Crippen molar-refractivity contribution >= 4 is 38.8 Å². The fourth-order valence-corrected chi connectivity index (χ4v) is 5.87. The molecule has 3 atom stereocenters. The van der Waals surface area contributed by atoms with E-state index in [1.54, 1.807) is 12.1 Å². The van der Waals surface area contributed by atoms with Crippen LogP contribution in [-0.4, -0.2) is 38.9 Å². The highest BCUT2D eigenvalue weighted by Gasteiger charge is 2.55. The molecule has 5 nitrogen and oxygen atoms in total. The van der Waals surface area contributed by atoms with Crippen molar-refractivity contribution in [1.29, 1.82) is 0 Å². The third-order valence-corrected chi connectivity index (χ3v) is 7.95. The molecule has 0 spiro atoms. The van der Waals surface area contributed by atoms with E-state index >= 15 is 0 Å². The number of carbonyl (C=O) groups excluding carboxylic acids is 1.